The normalized spacial score (nSPS) is 13.6. The van der Waals surface area contributed by atoms with Gasteiger partial charge < -0.3 is 5.32 Å². The predicted octanol–water partition coefficient (Wildman–Crippen LogP) is 8.44. The highest BCUT2D eigenvalue weighted by Crippen LogP contribution is 2.28. The van der Waals surface area contributed by atoms with Crippen molar-refractivity contribution < 1.29 is 0 Å². The van der Waals surface area contributed by atoms with Crippen molar-refractivity contribution in [3.63, 3.8) is 0 Å². The number of nitrogens with one attached hydrogen (secondary N) is 1. The summed E-state index contributed by atoms with van der Waals surface area (Å²) in [5, 5.41) is 4.22. The summed E-state index contributed by atoms with van der Waals surface area (Å²) in [5.74, 6) is 0. The Hall–Kier alpha value is -2.77. The van der Waals surface area contributed by atoms with E-state index in [1.165, 1.54) is 59.1 Å². The summed E-state index contributed by atoms with van der Waals surface area (Å²) in [7, 11) is 0. The van der Waals surface area contributed by atoms with Gasteiger partial charge in [0.2, 0.25) is 0 Å². The second-order valence-electron chi connectivity index (χ2n) is 8.11. The van der Waals surface area contributed by atoms with Crippen LogP contribution >= 0.6 is 11.6 Å². The number of benzene rings is 3. The summed E-state index contributed by atoms with van der Waals surface area (Å²) in [6.45, 7) is 6.31. The van der Waals surface area contributed by atoms with Crippen LogP contribution in [-0.4, -0.2) is 0 Å². The molecule has 0 amide bonds. The van der Waals surface area contributed by atoms with E-state index in [1.54, 1.807) is 0 Å². The summed E-state index contributed by atoms with van der Waals surface area (Å²) in [5.41, 5.74) is 9.77. The third-order valence-corrected chi connectivity index (χ3v) is 5.97. The summed E-state index contributed by atoms with van der Waals surface area (Å²) in [6.07, 6.45) is 8.27. The average Bonchev–Trinajstić information content (AvgIpc) is 2.76. The third-order valence-electron chi connectivity index (χ3n) is 5.74. The maximum absolute atomic E-state index is 6.08. The summed E-state index contributed by atoms with van der Waals surface area (Å²) < 4.78 is 0. The third kappa shape index (κ3) is 5.04. The maximum Gasteiger partial charge on any atom is 0.0409 e. The fraction of sp³-hybridized carbons (Fsp3) is 0.214. The lowest BCUT2D eigenvalue weighted by molar-refractivity contribution is 0.742. The zero-order chi connectivity index (χ0) is 20.9. The van der Waals surface area contributed by atoms with Crippen LogP contribution in [0.3, 0.4) is 0 Å². The minimum Gasteiger partial charge on any atom is -0.359 e. The number of rotatable bonds is 6. The molecule has 0 spiro atoms. The van der Waals surface area contributed by atoms with Crippen molar-refractivity contribution in [3.05, 3.63) is 107 Å². The molecule has 0 saturated heterocycles. The molecule has 0 atom stereocenters. The number of halogens is 1. The number of aryl methyl sites for hydroxylation is 1. The highest BCUT2D eigenvalue weighted by molar-refractivity contribution is 6.30. The number of anilines is 1. The molecule has 4 rings (SSSR count). The van der Waals surface area contributed by atoms with E-state index in [1.807, 2.05) is 12.1 Å². The fourth-order valence-electron chi connectivity index (χ4n) is 4.12. The van der Waals surface area contributed by atoms with Crippen molar-refractivity contribution in [2.75, 3.05) is 5.32 Å². The van der Waals surface area contributed by atoms with E-state index in [9.17, 15) is 0 Å². The Balaban J connectivity index is 1.37. The second kappa shape index (κ2) is 9.36. The average molecular weight is 414 g/mol. The molecule has 0 radical (unpaired) electrons. The molecule has 0 heterocycles. The molecule has 30 heavy (non-hydrogen) atoms. The van der Waals surface area contributed by atoms with Gasteiger partial charge in [-0.05, 0) is 90.3 Å². The van der Waals surface area contributed by atoms with Crippen LogP contribution in [-0.2, 0) is 6.42 Å². The minimum atomic E-state index is 0.773. The molecule has 0 bridgehead atoms. The van der Waals surface area contributed by atoms with Crippen LogP contribution in [0.25, 0.3) is 16.7 Å². The number of allylic oxidation sites excluding steroid dienone is 3. The van der Waals surface area contributed by atoms with Crippen LogP contribution in [0.15, 0.2) is 85.1 Å². The van der Waals surface area contributed by atoms with Gasteiger partial charge in [-0.15, -0.1) is 0 Å². The smallest absolute Gasteiger partial charge is 0.0409 e. The van der Waals surface area contributed by atoms with Crippen LogP contribution in [0.2, 0.25) is 5.02 Å². The van der Waals surface area contributed by atoms with Crippen LogP contribution in [0.4, 0.5) is 5.69 Å². The zero-order valence-corrected chi connectivity index (χ0v) is 18.3. The van der Waals surface area contributed by atoms with Gasteiger partial charge in [-0.1, -0.05) is 66.7 Å². The monoisotopic (exact) mass is 413 g/mol. The van der Waals surface area contributed by atoms with Crippen LogP contribution in [0.5, 0.6) is 0 Å². The van der Waals surface area contributed by atoms with Crippen molar-refractivity contribution in [2.45, 2.75) is 39.0 Å². The van der Waals surface area contributed by atoms with Crippen LogP contribution < -0.4 is 5.32 Å². The second-order valence-corrected chi connectivity index (χ2v) is 8.55. The lowest BCUT2D eigenvalue weighted by Gasteiger charge is -2.14. The SMILES string of the molecule is C=C(Cc1ccc(C2=CCCCC2)cc1)Nc1ccc(-c2ccc(Cl)cc2C)cc1. The first-order valence-electron chi connectivity index (χ1n) is 10.7. The van der Waals surface area contributed by atoms with Crippen LogP contribution in [0, 0.1) is 6.92 Å². The van der Waals surface area contributed by atoms with Gasteiger partial charge in [0.15, 0.2) is 0 Å². The molecule has 152 valence electrons. The van der Waals surface area contributed by atoms with Gasteiger partial charge in [-0.25, -0.2) is 0 Å². The van der Waals surface area contributed by atoms with Gasteiger partial charge in [0.25, 0.3) is 0 Å². The predicted molar refractivity (Wildman–Crippen MR) is 131 cm³/mol. The summed E-state index contributed by atoms with van der Waals surface area (Å²) in [6, 6.07) is 23.5. The maximum atomic E-state index is 6.08. The highest BCUT2D eigenvalue weighted by atomic mass is 35.5. The Kier molecular flexibility index (Phi) is 6.40. The van der Waals surface area contributed by atoms with E-state index < -0.39 is 0 Å². The molecule has 0 aliphatic heterocycles. The van der Waals surface area contributed by atoms with Crippen molar-refractivity contribution in [2.24, 2.45) is 0 Å². The standard InChI is InChI=1S/C28H28ClN/c1-20-18-26(29)14-17-28(20)25-12-15-27(16-13-25)30-21(2)19-22-8-10-24(11-9-22)23-6-4-3-5-7-23/h6,8-18,30H,2-5,7,19H2,1H3. The topological polar surface area (TPSA) is 12.0 Å². The Bertz CT molecular complexity index is 1060. The van der Waals surface area contributed by atoms with Crippen molar-refractivity contribution in [1.82, 2.24) is 0 Å². The van der Waals surface area contributed by atoms with Gasteiger partial charge in [0, 0.05) is 22.8 Å². The number of hydrogen-bond acceptors (Lipinski definition) is 1. The van der Waals surface area contributed by atoms with Gasteiger partial charge in [-0.2, -0.15) is 0 Å². The van der Waals surface area contributed by atoms with Gasteiger partial charge in [0.05, 0.1) is 0 Å². The van der Waals surface area contributed by atoms with E-state index in [-0.39, 0.29) is 0 Å². The number of hydrogen-bond donors (Lipinski definition) is 1. The molecule has 1 N–H and O–H groups in total. The van der Waals surface area contributed by atoms with Gasteiger partial charge in [0.1, 0.15) is 0 Å². The van der Waals surface area contributed by atoms with Gasteiger partial charge >= 0.3 is 0 Å². The first-order valence-corrected chi connectivity index (χ1v) is 11.1. The molecular weight excluding hydrogens is 386 g/mol. The van der Waals surface area contributed by atoms with Gasteiger partial charge in [-0.3, -0.25) is 0 Å². The first kappa shape index (κ1) is 20.5. The molecular formula is C28H28ClN. The van der Waals surface area contributed by atoms with E-state index in [0.717, 1.165) is 22.8 Å². The molecule has 1 aliphatic carbocycles. The lowest BCUT2D eigenvalue weighted by atomic mass is 9.93. The highest BCUT2D eigenvalue weighted by Gasteiger charge is 2.07. The molecule has 0 unspecified atom stereocenters. The summed E-state index contributed by atoms with van der Waals surface area (Å²) >= 11 is 6.08. The van der Waals surface area contributed by atoms with E-state index in [4.69, 9.17) is 11.6 Å². The summed E-state index contributed by atoms with van der Waals surface area (Å²) in [4.78, 5) is 0. The molecule has 0 aromatic heterocycles. The molecule has 0 saturated carbocycles. The Morgan fingerprint density at radius 3 is 2.33 bits per heavy atom. The van der Waals surface area contributed by atoms with Crippen molar-refractivity contribution in [1.29, 1.82) is 0 Å². The molecule has 2 heteroatoms. The van der Waals surface area contributed by atoms with E-state index in [0.29, 0.717) is 0 Å². The van der Waals surface area contributed by atoms with Crippen molar-refractivity contribution in [3.8, 4) is 11.1 Å². The Morgan fingerprint density at radius 1 is 0.933 bits per heavy atom. The molecule has 0 fully saturated rings. The van der Waals surface area contributed by atoms with E-state index in [2.05, 4.69) is 79.5 Å². The molecule has 3 aromatic carbocycles. The Morgan fingerprint density at radius 2 is 1.67 bits per heavy atom. The largest absolute Gasteiger partial charge is 0.359 e. The minimum absolute atomic E-state index is 0.773. The zero-order valence-electron chi connectivity index (χ0n) is 17.5. The Labute approximate surface area is 185 Å². The van der Waals surface area contributed by atoms with Crippen LogP contribution in [0.1, 0.15) is 42.4 Å². The lowest BCUT2D eigenvalue weighted by Crippen LogP contribution is -2.01. The molecule has 1 aliphatic rings. The first-order chi connectivity index (χ1) is 14.6. The molecule has 1 nitrogen and oxygen atoms in total. The quantitative estimate of drug-likeness (QED) is 0.427. The molecule has 3 aromatic rings. The fourth-order valence-corrected chi connectivity index (χ4v) is 4.34. The van der Waals surface area contributed by atoms with Crippen molar-refractivity contribution >= 4 is 22.9 Å². The van der Waals surface area contributed by atoms with E-state index >= 15 is 0 Å².